The maximum absolute atomic E-state index is 11.3. The fourth-order valence-corrected chi connectivity index (χ4v) is 2.25. The summed E-state index contributed by atoms with van der Waals surface area (Å²) in [4.78, 5) is 9.23. The molecule has 0 saturated carbocycles. The number of hydrogen-bond donors (Lipinski definition) is 1. The largest absolute Gasteiger partial charge is 0.501 e. The van der Waals surface area contributed by atoms with Gasteiger partial charge in [-0.2, -0.15) is 8.42 Å². The van der Waals surface area contributed by atoms with Gasteiger partial charge in [-0.05, 0) is 22.0 Å². The van der Waals surface area contributed by atoms with Gasteiger partial charge in [0.1, 0.15) is 4.90 Å². The number of nitrogens with zero attached hydrogens (tertiary/aromatic N) is 1. The number of benzene rings is 1. The van der Waals surface area contributed by atoms with Crippen molar-refractivity contribution in [2.75, 3.05) is 7.11 Å². The van der Waals surface area contributed by atoms with Crippen LogP contribution in [-0.4, -0.2) is 25.6 Å². The summed E-state index contributed by atoms with van der Waals surface area (Å²) in [6.45, 7) is 0. The van der Waals surface area contributed by atoms with E-state index >= 15 is 0 Å². The lowest BCUT2D eigenvalue weighted by Crippen LogP contribution is -2.03. The molecule has 7 nitrogen and oxygen atoms in total. The normalized spacial score (nSPS) is 11.4. The molecule has 0 unspecified atom stereocenters. The first kappa shape index (κ1) is 12.9. The molecular weight excluding hydrogens is 306 g/mol. The zero-order chi connectivity index (χ0) is 12.5. The number of rotatable bonds is 3. The van der Waals surface area contributed by atoms with Crippen molar-refractivity contribution in [1.82, 2.24) is 0 Å². The average Bonchev–Trinajstić information content (AvgIpc) is 2.21. The SMILES string of the molecule is COS(=O)(=O)c1cc(Br)c(O)c([N+](=O)[O-])c1. The van der Waals surface area contributed by atoms with Crippen LogP contribution in [0, 0.1) is 10.1 Å². The number of nitro benzene ring substituents is 1. The zero-order valence-electron chi connectivity index (χ0n) is 7.88. The van der Waals surface area contributed by atoms with E-state index in [0.29, 0.717) is 0 Å². The van der Waals surface area contributed by atoms with Gasteiger partial charge in [0.25, 0.3) is 10.1 Å². The molecule has 0 fully saturated rings. The highest BCUT2D eigenvalue weighted by Gasteiger charge is 2.23. The zero-order valence-corrected chi connectivity index (χ0v) is 10.3. The van der Waals surface area contributed by atoms with Crippen LogP contribution in [0.1, 0.15) is 0 Å². The molecule has 0 aliphatic rings. The second-order valence-electron chi connectivity index (χ2n) is 2.65. The predicted octanol–water partition coefficient (Wildman–Crippen LogP) is 1.40. The topological polar surface area (TPSA) is 107 Å². The molecule has 0 aliphatic heterocycles. The van der Waals surface area contributed by atoms with E-state index in [1.807, 2.05) is 0 Å². The number of aromatic hydroxyl groups is 1. The van der Waals surface area contributed by atoms with Crippen molar-refractivity contribution in [3.8, 4) is 5.75 Å². The monoisotopic (exact) mass is 311 g/mol. The molecule has 0 spiro atoms. The summed E-state index contributed by atoms with van der Waals surface area (Å²) >= 11 is 2.81. The fraction of sp³-hybridized carbons (Fsp3) is 0.143. The quantitative estimate of drug-likeness (QED) is 0.513. The van der Waals surface area contributed by atoms with Gasteiger partial charge in [-0.25, -0.2) is 0 Å². The minimum absolute atomic E-state index is 0.0997. The Kier molecular flexibility index (Phi) is 3.51. The van der Waals surface area contributed by atoms with Gasteiger partial charge in [-0.1, -0.05) is 0 Å². The molecule has 0 bridgehead atoms. The Morgan fingerprint density at radius 1 is 1.50 bits per heavy atom. The van der Waals surface area contributed by atoms with E-state index in [-0.39, 0.29) is 4.47 Å². The van der Waals surface area contributed by atoms with E-state index in [4.69, 9.17) is 0 Å². The van der Waals surface area contributed by atoms with Gasteiger partial charge in [0, 0.05) is 6.07 Å². The predicted molar refractivity (Wildman–Crippen MR) is 56.7 cm³/mol. The first-order valence-corrected chi connectivity index (χ1v) is 5.97. The van der Waals surface area contributed by atoms with Gasteiger partial charge in [0.2, 0.25) is 5.75 Å². The highest BCUT2D eigenvalue weighted by Crippen LogP contribution is 2.36. The van der Waals surface area contributed by atoms with E-state index in [1.165, 1.54) is 0 Å². The molecule has 9 heteroatoms. The average molecular weight is 312 g/mol. The van der Waals surface area contributed by atoms with Crippen LogP contribution in [0.15, 0.2) is 21.5 Å². The Labute approximate surface area is 99.1 Å². The Balaban J connectivity index is 3.53. The van der Waals surface area contributed by atoms with E-state index < -0.39 is 31.4 Å². The maximum atomic E-state index is 11.3. The van der Waals surface area contributed by atoms with Gasteiger partial charge in [0.05, 0.1) is 16.5 Å². The smallest absolute Gasteiger partial charge is 0.313 e. The molecule has 0 aromatic heterocycles. The van der Waals surface area contributed by atoms with Crippen molar-refractivity contribution < 1.29 is 22.6 Å². The molecule has 0 saturated heterocycles. The molecule has 0 aliphatic carbocycles. The molecule has 0 atom stereocenters. The molecule has 1 aromatic carbocycles. The third-order valence-electron chi connectivity index (χ3n) is 1.72. The Bertz CT molecular complexity index is 540. The van der Waals surface area contributed by atoms with E-state index in [9.17, 15) is 23.6 Å². The van der Waals surface area contributed by atoms with Crippen LogP contribution in [0.3, 0.4) is 0 Å². The van der Waals surface area contributed by atoms with Crippen molar-refractivity contribution in [1.29, 1.82) is 0 Å². The van der Waals surface area contributed by atoms with E-state index in [2.05, 4.69) is 20.1 Å². The summed E-state index contributed by atoms with van der Waals surface area (Å²) in [6, 6.07) is 1.74. The van der Waals surface area contributed by atoms with Crippen molar-refractivity contribution in [2.24, 2.45) is 0 Å². The minimum Gasteiger partial charge on any atom is -0.501 e. The van der Waals surface area contributed by atoms with Crippen molar-refractivity contribution in [2.45, 2.75) is 4.90 Å². The van der Waals surface area contributed by atoms with Crippen LogP contribution in [0.25, 0.3) is 0 Å². The van der Waals surface area contributed by atoms with Crippen LogP contribution >= 0.6 is 15.9 Å². The fourth-order valence-electron chi connectivity index (χ4n) is 0.940. The number of nitro groups is 1. The van der Waals surface area contributed by atoms with Crippen molar-refractivity contribution in [3.05, 3.63) is 26.7 Å². The molecule has 16 heavy (non-hydrogen) atoms. The lowest BCUT2D eigenvalue weighted by atomic mass is 10.3. The summed E-state index contributed by atoms with van der Waals surface area (Å²) in [6.07, 6.45) is 0. The molecule has 88 valence electrons. The minimum atomic E-state index is -4.04. The van der Waals surface area contributed by atoms with Gasteiger partial charge >= 0.3 is 5.69 Å². The van der Waals surface area contributed by atoms with Crippen LogP contribution in [0.4, 0.5) is 5.69 Å². The second-order valence-corrected chi connectivity index (χ2v) is 5.22. The Hall–Kier alpha value is -1.19. The summed E-state index contributed by atoms with van der Waals surface area (Å²) in [5.74, 6) is -0.639. The highest BCUT2D eigenvalue weighted by atomic mass is 79.9. The second kappa shape index (κ2) is 4.36. The van der Waals surface area contributed by atoms with Crippen LogP contribution in [0.5, 0.6) is 5.75 Å². The number of phenols is 1. The highest BCUT2D eigenvalue weighted by molar-refractivity contribution is 9.10. The summed E-state index contributed by atoms with van der Waals surface area (Å²) in [5.41, 5.74) is -0.718. The number of halogens is 1. The van der Waals surface area contributed by atoms with E-state index in [0.717, 1.165) is 19.2 Å². The van der Waals surface area contributed by atoms with Gasteiger partial charge < -0.3 is 5.11 Å². The molecule has 1 aromatic rings. The first-order chi connectivity index (χ1) is 7.29. The molecule has 1 rings (SSSR count). The third-order valence-corrected chi connectivity index (χ3v) is 3.58. The maximum Gasteiger partial charge on any atom is 0.313 e. The number of phenolic OH excluding ortho intramolecular Hbond substituents is 1. The van der Waals surface area contributed by atoms with Crippen molar-refractivity contribution >= 4 is 31.7 Å². The van der Waals surface area contributed by atoms with Crippen LogP contribution in [0.2, 0.25) is 0 Å². The Morgan fingerprint density at radius 3 is 2.50 bits per heavy atom. The van der Waals surface area contributed by atoms with E-state index in [1.54, 1.807) is 0 Å². The third kappa shape index (κ3) is 2.31. The standard InChI is InChI=1S/C7H6BrNO6S/c1-15-16(13,14)4-2-5(8)7(10)6(3-4)9(11)12/h2-3,10H,1H3. The van der Waals surface area contributed by atoms with Crippen LogP contribution < -0.4 is 0 Å². The first-order valence-electron chi connectivity index (χ1n) is 3.77. The molecule has 1 N–H and O–H groups in total. The van der Waals surface area contributed by atoms with Crippen molar-refractivity contribution in [3.63, 3.8) is 0 Å². The molecule has 0 heterocycles. The van der Waals surface area contributed by atoms with Gasteiger partial charge in [-0.15, -0.1) is 0 Å². The summed E-state index contributed by atoms with van der Waals surface area (Å²) in [7, 11) is -3.11. The van der Waals surface area contributed by atoms with Crippen LogP contribution in [-0.2, 0) is 14.3 Å². The molecular formula is C7H6BrNO6S. The Morgan fingerprint density at radius 2 is 2.06 bits per heavy atom. The number of hydrogen-bond acceptors (Lipinski definition) is 6. The van der Waals surface area contributed by atoms with Gasteiger partial charge in [-0.3, -0.25) is 14.3 Å². The summed E-state index contributed by atoms with van der Waals surface area (Å²) < 4.78 is 26.7. The summed E-state index contributed by atoms with van der Waals surface area (Å²) in [5, 5.41) is 19.8. The molecule has 0 radical (unpaired) electrons. The lowest BCUT2D eigenvalue weighted by Gasteiger charge is -2.04. The lowest BCUT2D eigenvalue weighted by molar-refractivity contribution is -0.386. The van der Waals surface area contributed by atoms with Gasteiger partial charge in [0.15, 0.2) is 0 Å². The molecule has 0 amide bonds.